The molecule has 1 N–H and O–H groups in total. The first-order valence-electron chi connectivity index (χ1n) is 11.9. The number of methoxy groups -OCH3 is 1. The largest absolute Gasteiger partial charge is 0.504 e. The Hall–Kier alpha value is -3.43. The van der Waals surface area contributed by atoms with Gasteiger partial charge < -0.3 is 19.3 Å². The highest BCUT2D eigenvalue weighted by atomic mass is 32.2. The van der Waals surface area contributed by atoms with Crippen LogP contribution in [0.15, 0.2) is 65.6 Å². The Balaban J connectivity index is 1.39. The summed E-state index contributed by atoms with van der Waals surface area (Å²) in [5.41, 5.74) is 2.60. The zero-order valence-electron chi connectivity index (χ0n) is 20.4. The molecule has 1 saturated heterocycles. The number of aromatic hydroxyl groups is 1. The Morgan fingerprint density at radius 3 is 2.44 bits per heavy atom. The highest BCUT2D eigenvalue weighted by Gasteiger charge is 2.35. The molecular formula is C27H30N2O6S. The van der Waals surface area contributed by atoms with Gasteiger partial charge >= 0.3 is 0 Å². The van der Waals surface area contributed by atoms with Crippen LogP contribution in [-0.2, 0) is 16.6 Å². The fraction of sp³-hybridized carbons (Fsp3) is 0.333. The van der Waals surface area contributed by atoms with Crippen molar-refractivity contribution in [2.24, 2.45) is 0 Å². The van der Waals surface area contributed by atoms with Gasteiger partial charge in [0.25, 0.3) is 10.0 Å². The molecule has 3 aromatic rings. The van der Waals surface area contributed by atoms with Crippen molar-refractivity contribution in [2.45, 2.75) is 37.2 Å². The van der Waals surface area contributed by atoms with Crippen molar-refractivity contribution in [2.75, 3.05) is 31.3 Å². The van der Waals surface area contributed by atoms with E-state index < -0.39 is 10.0 Å². The molecule has 2 aliphatic rings. The number of phenols is 1. The zero-order valence-corrected chi connectivity index (χ0v) is 21.2. The molecule has 3 aromatic carbocycles. The smallest absolute Gasteiger partial charge is 0.264 e. The molecule has 9 heteroatoms. The Bertz CT molecular complexity index is 1330. The molecule has 2 aliphatic heterocycles. The van der Waals surface area contributed by atoms with Crippen LogP contribution in [0.3, 0.4) is 0 Å². The molecule has 0 radical (unpaired) electrons. The number of fused-ring (bicyclic) bond motifs is 1. The number of piperidine rings is 1. The molecule has 0 unspecified atom stereocenters. The number of anilines is 1. The van der Waals surface area contributed by atoms with Crippen LogP contribution in [0, 0.1) is 6.92 Å². The molecule has 0 bridgehead atoms. The van der Waals surface area contributed by atoms with Gasteiger partial charge in [-0.15, -0.1) is 0 Å². The highest BCUT2D eigenvalue weighted by molar-refractivity contribution is 7.92. The maximum Gasteiger partial charge on any atom is 0.264 e. The van der Waals surface area contributed by atoms with Gasteiger partial charge in [-0.1, -0.05) is 23.8 Å². The molecule has 5 rings (SSSR count). The first-order chi connectivity index (χ1) is 17.3. The fourth-order valence-corrected chi connectivity index (χ4v) is 6.48. The molecule has 0 spiro atoms. The molecule has 8 nitrogen and oxygen atoms in total. The summed E-state index contributed by atoms with van der Waals surface area (Å²) in [5, 5.41) is 9.87. The molecule has 0 amide bonds. The lowest BCUT2D eigenvalue weighted by atomic mass is 10.0. The van der Waals surface area contributed by atoms with Crippen molar-refractivity contribution < 1.29 is 27.7 Å². The number of hydrogen-bond acceptors (Lipinski definition) is 7. The van der Waals surface area contributed by atoms with Gasteiger partial charge in [0.1, 0.15) is 0 Å². The van der Waals surface area contributed by atoms with Crippen LogP contribution < -0.4 is 18.5 Å². The third-order valence-corrected chi connectivity index (χ3v) is 8.62. The number of phenolic OH excluding ortho intramolecular Hbond substituents is 1. The van der Waals surface area contributed by atoms with Gasteiger partial charge in [0.2, 0.25) is 6.79 Å². The van der Waals surface area contributed by atoms with E-state index in [-0.39, 0.29) is 23.5 Å². The minimum atomic E-state index is -3.80. The summed E-state index contributed by atoms with van der Waals surface area (Å²) in [6, 6.07) is 17.4. The van der Waals surface area contributed by atoms with Gasteiger partial charge in [-0.2, -0.15) is 0 Å². The monoisotopic (exact) mass is 510 g/mol. The van der Waals surface area contributed by atoms with Gasteiger partial charge in [-0.3, -0.25) is 9.21 Å². The van der Waals surface area contributed by atoms with Crippen molar-refractivity contribution >= 4 is 15.7 Å². The normalized spacial score (nSPS) is 16.2. The number of likely N-dealkylation sites (tertiary alicyclic amines) is 1. The third-order valence-electron chi connectivity index (χ3n) is 6.73. The van der Waals surface area contributed by atoms with Crippen LogP contribution in [0.4, 0.5) is 5.69 Å². The van der Waals surface area contributed by atoms with E-state index in [2.05, 4.69) is 4.90 Å². The Morgan fingerprint density at radius 2 is 1.72 bits per heavy atom. The zero-order chi connectivity index (χ0) is 25.3. The molecule has 190 valence electrons. The maximum atomic E-state index is 13.9. The average molecular weight is 511 g/mol. The van der Waals surface area contributed by atoms with E-state index in [4.69, 9.17) is 14.2 Å². The van der Waals surface area contributed by atoms with Crippen LogP contribution in [0.1, 0.15) is 24.0 Å². The standard InChI is InChI=1S/C27H30N2O6S/c1-19-3-7-23(8-4-19)36(31,32)29(22-6-10-25-27(16-22)35-18-34-25)21-11-13-28(14-12-21)17-20-5-9-24(30)26(15-20)33-2/h3-10,15-16,21,30H,11-14,17-18H2,1-2H3. The van der Waals surface area contributed by atoms with Crippen LogP contribution in [-0.4, -0.2) is 51.5 Å². The number of nitrogens with zero attached hydrogens (tertiary/aromatic N) is 2. The number of benzene rings is 3. The Morgan fingerprint density at radius 1 is 1.00 bits per heavy atom. The fourth-order valence-electron chi connectivity index (χ4n) is 4.78. The van der Waals surface area contributed by atoms with E-state index in [0.717, 1.165) is 24.2 Å². The van der Waals surface area contributed by atoms with Gasteiger partial charge in [0.05, 0.1) is 17.7 Å². The van der Waals surface area contributed by atoms with Crippen molar-refractivity contribution in [1.29, 1.82) is 0 Å². The Labute approximate surface area is 211 Å². The van der Waals surface area contributed by atoms with Crippen LogP contribution in [0.25, 0.3) is 0 Å². The first kappa shape index (κ1) is 24.3. The van der Waals surface area contributed by atoms with Gasteiger partial charge in [0.15, 0.2) is 23.0 Å². The van der Waals surface area contributed by atoms with E-state index in [0.29, 0.717) is 42.3 Å². The summed E-state index contributed by atoms with van der Waals surface area (Å²) in [5.74, 6) is 1.72. The van der Waals surface area contributed by atoms with E-state index in [1.54, 1.807) is 40.7 Å². The second kappa shape index (κ2) is 9.91. The lowest BCUT2D eigenvalue weighted by molar-refractivity contribution is 0.174. The molecule has 36 heavy (non-hydrogen) atoms. The third kappa shape index (κ3) is 4.81. The van der Waals surface area contributed by atoms with Crippen LogP contribution in [0.2, 0.25) is 0 Å². The number of ether oxygens (including phenoxy) is 3. The quantitative estimate of drug-likeness (QED) is 0.507. The summed E-state index contributed by atoms with van der Waals surface area (Å²) >= 11 is 0. The minimum absolute atomic E-state index is 0.112. The number of hydrogen-bond donors (Lipinski definition) is 1. The summed E-state index contributed by atoms with van der Waals surface area (Å²) in [6.45, 7) is 4.23. The van der Waals surface area contributed by atoms with E-state index in [9.17, 15) is 13.5 Å². The predicted molar refractivity (Wildman–Crippen MR) is 136 cm³/mol. The molecule has 0 aliphatic carbocycles. The van der Waals surface area contributed by atoms with Crippen LogP contribution in [0.5, 0.6) is 23.0 Å². The number of sulfonamides is 1. The lowest BCUT2D eigenvalue weighted by Crippen LogP contribution is -2.47. The molecule has 0 aromatic heterocycles. The number of rotatable bonds is 7. The minimum Gasteiger partial charge on any atom is -0.504 e. The molecule has 0 atom stereocenters. The molecule has 1 fully saturated rings. The molecule has 0 saturated carbocycles. The van der Waals surface area contributed by atoms with E-state index in [1.807, 2.05) is 31.2 Å². The molecular weight excluding hydrogens is 480 g/mol. The van der Waals surface area contributed by atoms with Crippen molar-refractivity contribution in [1.82, 2.24) is 4.90 Å². The van der Waals surface area contributed by atoms with Gasteiger partial charge in [-0.05, 0) is 61.7 Å². The van der Waals surface area contributed by atoms with Gasteiger partial charge in [-0.25, -0.2) is 8.42 Å². The van der Waals surface area contributed by atoms with Crippen molar-refractivity contribution in [3.63, 3.8) is 0 Å². The SMILES string of the molecule is COc1cc(CN2CCC(N(c3ccc4c(c3)OCO4)S(=O)(=O)c3ccc(C)cc3)CC2)ccc1O. The number of aryl methyl sites for hydroxylation is 1. The van der Waals surface area contributed by atoms with E-state index in [1.165, 1.54) is 7.11 Å². The summed E-state index contributed by atoms with van der Waals surface area (Å²) in [7, 11) is -2.27. The lowest BCUT2D eigenvalue weighted by Gasteiger charge is -2.39. The summed E-state index contributed by atoms with van der Waals surface area (Å²) in [6.07, 6.45) is 1.35. The average Bonchev–Trinajstić information content (AvgIpc) is 3.35. The van der Waals surface area contributed by atoms with Crippen molar-refractivity contribution in [3.8, 4) is 23.0 Å². The summed E-state index contributed by atoms with van der Waals surface area (Å²) < 4.78 is 45.6. The maximum absolute atomic E-state index is 13.9. The second-order valence-electron chi connectivity index (χ2n) is 9.17. The predicted octanol–water partition coefficient (Wildman–Crippen LogP) is 4.30. The molecule has 2 heterocycles. The summed E-state index contributed by atoms with van der Waals surface area (Å²) in [4.78, 5) is 2.56. The second-order valence-corrected chi connectivity index (χ2v) is 11.0. The van der Waals surface area contributed by atoms with Crippen molar-refractivity contribution in [3.05, 3.63) is 71.8 Å². The highest BCUT2D eigenvalue weighted by Crippen LogP contribution is 2.39. The Kier molecular flexibility index (Phi) is 6.68. The van der Waals surface area contributed by atoms with Crippen LogP contribution >= 0.6 is 0 Å². The first-order valence-corrected chi connectivity index (χ1v) is 13.4. The van der Waals surface area contributed by atoms with E-state index >= 15 is 0 Å². The topological polar surface area (TPSA) is 88.5 Å². The van der Waals surface area contributed by atoms with Gasteiger partial charge in [0, 0.05) is 31.7 Å².